The van der Waals surface area contributed by atoms with Crippen LogP contribution in [-0.2, 0) is 44.8 Å². The first-order chi connectivity index (χ1) is 27.8. The molecular weight excluding hydrogens is 1210 g/mol. The van der Waals surface area contributed by atoms with Crippen molar-refractivity contribution in [2.45, 2.75) is 0 Å². The molecule has 0 aliphatic heterocycles. The number of hydrogen-bond donors (Lipinski definition) is 0. The Morgan fingerprint density at radius 2 is 0.283 bits per heavy atom. The van der Waals surface area contributed by atoms with Crippen LogP contribution in [-0.4, -0.2) is 24.6 Å². The summed E-state index contributed by atoms with van der Waals surface area (Å²) in [5, 5.41) is 11.8. The molecule has 0 saturated heterocycles. The second-order valence-electron chi connectivity index (χ2n) is 13.3. The minimum atomic E-state index is -0.348. The van der Waals surface area contributed by atoms with Gasteiger partial charge in [-0.3, -0.25) is 0 Å². The fraction of sp³-hybridized carbons (Fsp3) is 0.0769. The van der Waals surface area contributed by atoms with Crippen LogP contribution in [0.3, 0.4) is 0 Å². The molecule has 60 heavy (non-hydrogen) atoms. The molecule has 8 aromatic carbocycles. The van der Waals surface area contributed by atoms with Crippen molar-refractivity contribution in [3.05, 3.63) is 243 Å². The Morgan fingerprint density at radius 1 is 0.183 bits per heavy atom. The van der Waals surface area contributed by atoms with Gasteiger partial charge in [0.2, 0.25) is 0 Å². The maximum Gasteiger partial charge on any atom is 1.00 e. The van der Waals surface area contributed by atoms with Crippen LogP contribution in [0.1, 0.15) is 0 Å². The zero-order valence-corrected chi connectivity index (χ0v) is 42.5. The van der Waals surface area contributed by atoms with Gasteiger partial charge in [0.25, 0.3) is 0 Å². The minimum Gasteiger partial charge on any atom is -1.00 e. The molecule has 0 unspecified atom stereocenters. The van der Waals surface area contributed by atoms with E-state index in [2.05, 4.69) is 243 Å². The fourth-order valence-corrected chi connectivity index (χ4v) is 17.6. The molecule has 312 valence electrons. The van der Waals surface area contributed by atoms with Gasteiger partial charge >= 0.3 is 44.8 Å². The average molecular weight is 1260 g/mol. The Morgan fingerprint density at radius 3 is 0.383 bits per heavy atom. The third kappa shape index (κ3) is 15.4. The molecule has 0 fully saturated rings. The Kier molecular flexibility index (Phi) is 25.1. The van der Waals surface area contributed by atoms with E-state index in [1.165, 1.54) is 67.1 Å². The molecule has 0 aliphatic carbocycles. The quantitative estimate of drug-likeness (QED) is 0.111. The standard InChI is InChI=1S/2C26H24P2.2Au.2ClH/c2*1-5-13-23(14-6-1)27(24-15-7-2-8-16-24)21-22-28(25-17-9-3-10-18-25)26-19-11-4-12-20-26;;;;/h2*1-20H,21-22H2;;;2*1H/q;;2*+1;;/p-2. The van der Waals surface area contributed by atoms with Crippen molar-refractivity contribution >= 4 is 74.1 Å². The van der Waals surface area contributed by atoms with Gasteiger partial charge in [0.1, 0.15) is 0 Å². The van der Waals surface area contributed by atoms with Crippen LogP contribution in [0.15, 0.2) is 243 Å². The molecule has 0 heterocycles. The molecule has 8 aromatic rings. The summed E-state index contributed by atoms with van der Waals surface area (Å²) in [5.41, 5.74) is 0. The summed E-state index contributed by atoms with van der Waals surface area (Å²) in [6, 6.07) is 88.4. The number of rotatable bonds is 14. The predicted octanol–water partition coefficient (Wildman–Crippen LogP) is 4.51. The molecule has 0 amide bonds. The Labute approximate surface area is 407 Å². The van der Waals surface area contributed by atoms with Gasteiger partial charge in [-0.2, -0.15) is 0 Å². The van der Waals surface area contributed by atoms with E-state index in [-0.39, 0.29) is 101 Å². The predicted molar refractivity (Wildman–Crippen MR) is 256 cm³/mol. The van der Waals surface area contributed by atoms with Crippen LogP contribution < -0.4 is 67.3 Å². The van der Waals surface area contributed by atoms with Crippen molar-refractivity contribution in [1.29, 1.82) is 0 Å². The zero-order chi connectivity index (χ0) is 38.0. The monoisotopic (exact) mass is 1260 g/mol. The van der Waals surface area contributed by atoms with Gasteiger partial charge in [0, 0.05) is 0 Å². The molecule has 0 aliphatic rings. The molecule has 0 bridgehead atoms. The van der Waals surface area contributed by atoms with E-state index in [1.54, 1.807) is 0 Å². The van der Waals surface area contributed by atoms with E-state index in [9.17, 15) is 0 Å². The topological polar surface area (TPSA) is 0 Å². The first-order valence-electron chi connectivity index (χ1n) is 19.3. The largest absolute Gasteiger partial charge is 1.00 e. The smallest absolute Gasteiger partial charge is 1.00 e. The molecule has 0 saturated carbocycles. The van der Waals surface area contributed by atoms with Crippen molar-refractivity contribution in [2.75, 3.05) is 24.6 Å². The Hall–Kier alpha value is -2.46. The number of hydrogen-bond acceptors (Lipinski definition) is 0. The van der Waals surface area contributed by atoms with Crippen LogP contribution in [0.25, 0.3) is 0 Å². The van der Waals surface area contributed by atoms with Crippen molar-refractivity contribution in [3.8, 4) is 0 Å². The van der Waals surface area contributed by atoms with Crippen LogP contribution in [0.5, 0.6) is 0 Å². The van der Waals surface area contributed by atoms with Crippen LogP contribution >= 0.6 is 31.7 Å². The fourth-order valence-electron chi connectivity index (χ4n) is 6.89. The van der Waals surface area contributed by atoms with Gasteiger partial charge in [0.15, 0.2) is 0 Å². The summed E-state index contributed by atoms with van der Waals surface area (Å²) < 4.78 is 0. The second-order valence-corrected chi connectivity index (χ2v) is 22.6. The van der Waals surface area contributed by atoms with E-state index in [0.29, 0.717) is 0 Å². The van der Waals surface area contributed by atoms with E-state index in [1.807, 2.05) is 0 Å². The van der Waals surface area contributed by atoms with Gasteiger partial charge in [-0.1, -0.05) is 243 Å². The second kappa shape index (κ2) is 29.0. The SMILES string of the molecule is [Au+].[Au+].[Cl-].[Cl-].c1ccc(P(CCP(c2ccccc2)c2ccccc2)c2ccccc2)cc1.c1ccc(P(CCP(c2ccccc2)c2ccccc2)c2ccccc2)cc1. The Balaban J connectivity index is 0.000000300. The molecule has 0 nitrogen and oxygen atoms in total. The van der Waals surface area contributed by atoms with Gasteiger partial charge in [0.05, 0.1) is 0 Å². The van der Waals surface area contributed by atoms with Gasteiger partial charge in [-0.05, 0) is 98.8 Å². The zero-order valence-electron chi connectivity index (χ0n) is 33.1. The van der Waals surface area contributed by atoms with Crippen molar-refractivity contribution in [3.63, 3.8) is 0 Å². The third-order valence-electron chi connectivity index (χ3n) is 9.64. The summed E-state index contributed by atoms with van der Waals surface area (Å²) in [6.07, 6.45) is 4.83. The maximum atomic E-state index is 2.30. The molecule has 0 N–H and O–H groups in total. The van der Waals surface area contributed by atoms with E-state index in [0.717, 1.165) is 0 Å². The van der Waals surface area contributed by atoms with Crippen molar-refractivity contribution < 1.29 is 69.6 Å². The maximum absolute atomic E-state index is 2.30. The summed E-state index contributed by atoms with van der Waals surface area (Å²) in [4.78, 5) is 0. The first-order valence-corrected chi connectivity index (χ1v) is 25.4. The van der Waals surface area contributed by atoms with Gasteiger partial charge < -0.3 is 24.8 Å². The third-order valence-corrected chi connectivity index (χ3v) is 20.4. The van der Waals surface area contributed by atoms with Gasteiger partial charge in [-0.25, -0.2) is 0 Å². The summed E-state index contributed by atoms with van der Waals surface area (Å²) in [6.45, 7) is 0. The first kappa shape index (κ1) is 51.9. The van der Waals surface area contributed by atoms with Crippen molar-refractivity contribution in [2.24, 2.45) is 0 Å². The molecule has 0 spiro atoms. The molecule has 8 rings (SSSR count). The Bertz CT molecular complexity index is 1780. The van der Waals surface area contributed by atoms with Crippen LogP contribution in [0, 0.1) is 0 Å². The molecular formula is C52H48Au2Cl2P4. The summed E-state index contributed by atoms with van der Waals surface area (Å²) in [5.74, 6) is 0. The normalized spacial score (nSPS) is 10.3. The number of halogens is 2. The van der Waals surface area contributed by atoms with Gasteiger partial charge in [-0.15, -0.1) is 0 Å². The number of benzene rings is 8. The van der Waals surface area contributed by atoms with E-state index in [4.69, 9.17) is 0 Å². The molecule has 0 atom stereocenters. The van der Waals surface area contributed by atoms with Crippen LogP contribution in [0.4, 0.5) is 0 Å². The average Bonchev–Trinajstić information content (AvgIpc) is 3.29. The van der Waals surface area contributed by atoms with Crippen molar-refractivity contribution in [1.82, 2.24) is 0 Å². The molecule has 0 aromatic heterocycles. The van der Waals surface area contributed by atoms with Crippen LogP contribution in [0.2, 0.25) is 0 Å². The van der Waals surface area contributed by atoms with E-state index < -0.39 is 0 Å². The van der Waals surface area contributed by atoms with E-state index >= 15 is 0 Å². The summed E-state index contributed by atoms with van der Waals surface area (Å²) in [7, 11) is -1.39. The minimum absolute atomic E-state index is 0. The molecule has 8 heteroatoms. The summed E-state index contributed by atoms with van der Waals surface area (Å²) >= 11 is 0. The molecule has 0 radical (unpaired) electrons.